The lowest BCUT2D eigenvalue weighted by Gasteiger charge is -2.62. The van der Waals surface area contributed by atoms with Crippen LogP contribution in [-0.2, 0) is 14.3 Å². The smallest absolute Gasteiger partial charge is 0.139 e. The Balaban J connectivity index is 1.69. The summed E-state index contributed by atoms with van der Waals surface area (Å²) in [4.78, 5) is 26.2. The third-order valence-electron chi connectivity index (χ3n) is 10.8. The quantitative estimate of drug-likeness (QED) is 0.606. The zero-order valence-electron chi connectivity index (χ0n) is 19.5. The Morgan fingerprint density at radius 1 is 1.07 bits per heavy atom. The van der Waals surface area contributed by atoms with E-state index in [-0.39, 0.29) is 28.6 Å². The first kappa shape index (κ1) is 21.5. The fourth-order valence-electron chi connectivity index (χ4n) is 8.98. The number of ether oxygens (including phenoxy) is 1. The number of hydrogen-bond acceptors (Lipinski definition) is 3. The third-order valence-corrected chi connectivity index (χ3v) is 10.8. The molecule has 4 saturated carbocycles. The number of ketones is 2. The van der Waals surface area contributed by atoms with E-state index in [0.717, 1.165) is 32.1 Å². The monoisotopic (exact) mass is 402 g/mol. The third kappa shape index (κ3) is 3.00. The second-order valence-electron chi connectivity index (χ2n) is 11.5. The van der Waals surface area contributed by atoms with E-state index < -0.39 is 0 Å². The first-order chi connectivity index (χ1) is 13.7. The molecule has 0 amide bonds. The van der Waals surface area contributed by atoms with Gasteiger partial charge in [-0.2, -0.15) is 0 Å². The normalized spacial score (nSPS) is 50.4. The summed E-state index contributed by atoms with van der Waals surface area (Å²) in [5.74, 6) is 3.40. The molecule has 3 heteroatoms. The lowest BCUT2D eigenvalue weighted by Crippen LogP contribution is -2.60. The molecule has 0 N–H and O–H groups in total. The Morgan fingerprint density at radius 3 is 2.34 bits per heavy atom. The highest BCUT2D eigenvalue weighted by Crippen LogP contribution is 2.68. The average molecular weight is 403 g/mol. The summed E-state index contributed by atoms with van der Waals surface area (Å²) in [7, 11) is 1.84. The molecule has 29 heavy (non-hydrogen) atoms. The minimum atomic E-state index is 0.127. The minimum absolute atomic E-state index is 0.127. The summed E-state index contributed by atoms with van der Waals surface area (Å²) >= 11 is 0. The SMILES string of the molecule is CC[C@H]1C(=O)[C@@H]2[C@H](CC[C@]3(C)[C@@H]([C@H](C)C(C)=O)CC[C@@H]23)[C@@]2(C)CC[C@@H](OC)C[C@@H]12. The van der Waals surface area contributed by atoms with Crippen molar-refractivity contribution in [3.8, 4) is 0 Å². The number of fused-ring (bicyclic) bond motifs is 5. The topological polar surface area (TPSA) is 43.4 Å². The zero-order valence-corrected chi connectivity index (χ0v) is 19.5. The van der Waals surface area contributed by atoms with Gasteiger partial charge in [-0.05, 0) is 92.8 Å². The Hall–Kier alpha value is -0.700. The fraction of sp³-hybridized carbons (Fsp3) is 0.923. The molecule has 10 atom stereocenters. The van der Waals surface area contributed by atoms with Crippen LogP contribution in [0.5, 0.6) is 0 Å². The first-order valence-corrected chi connectivity index (χ1v) is 12.3. The second kappa shape index (κ2) is 7.46. The Kier molecular flexibility index (Phi) is 5.54. The van der Waals surface area contributed by atoms with Crippen molar-refractivity contribution in [3.05, 3.63) is 0 Å². The van der Waals surface area contributed by atoms with Crippen molar-refractivity contribution >= 4 is 11.6 Å². The zero-order chi connectivity index (χ0) is 21.1. The summed E-state index contributed by atoms with van der Waals surface area (Å²) in [6, 6.07) is 0. The van der Waals surface area contributed by atoms with Crippen molar-refractivity contribution in [1.29, 1.82) is 0 Å². The Morgan fingerprint density at radius 2 is 1.72 bits per heavy atom. The first-order valence-electron chi connectivity index (χ1n) is 12.3. The van der Waals surface area contributed by atoms with E-state index in [0.29, 0.717) is 41.3 Å². The number of carbonyl (C=O) groups is 2. The van der Waals surface area contributed by atoms with E-state index in [1.807, 2.05) is 7.11 Å². The van der Waals surface area contributed by atoms with Gasteiger partial charge in [-0.3, -0.25) is 9.59 Å². The van der Waals surface area contributed by atoms with Crippen LogP contribution in [0.3, 0.4) is 0 Å². The summed E-state index contributed by atoms with van der Waals surface area (Å²) < 4.78 is 5.75. The molecule has 0 spiro atoms. The van der Waals surface area contributed by atoms with Gasteiger partial charge in [0.05, 0.1) is 6.10 Å². The van der Waals surface area contributed by atoms with Crippen LogP contribution in [0, 0.1) is 52.3 Å². The van der Waals surface area contributed by atoms with Crippen LogP contribution in [0.1, 0.15) is 86.0 Å². The molecular weight excluding hydrogens is 360 g/mol. The molecule has 0 aromatic carbocycles. The van der Waals surface area contributed by atoms with Crippen LogP contribution in [0.4, 0.5) is 0 Å². The van der Waals surface area contributed by atoms with E-state index in [1.165, 1.54) is 19.3 Å². The highest BCUT2D eigenvalue weighted by Gasteiger charge is 2.65. The van der Waals surface area contributed by atoms with Crippen LogP contribution >= 0.6 is 0 Å². The standard InChI is InChI=1S/C26H42O3/c1-7-18-22-14-17(29-6)10-12-26(22,5)21-11-13-25(4)19(15(2)16(3)27)8-9-20(25)23(21)24(18)28/h15,17-23H,7-14H2,1-6H3/t15-,17-,18-,19-,20+,21+,22+,23+,25-,26-/m1/s1. The van der Waals surface area contributed by atoms with Gasteiger partial charge in [0.25, 0.3) is 0 Å². The second-order valence-corrected chi connectivity index (χ2v) is 11.5. The maximum atomic E-state index is 14.0. The molecule has 4 aliphatic rings. The highest BCUT2D eigenvalue weighted by atomic mass is 16.5. The van der Waals surface area contributed by atoms with E-state index in [9.17, 15) is 9.59 Å². The van der Waals surface area contributed by atoms with Crippen LogP contribution in [0.15, 0.2) is 0 Å². The minimum Gasteiger partial charge on any atom is -0.381 e. The summed E-state index contributed by atoms with van der Waals surface area (Å²) in [5, 5.41) is 0. The molecule has 0 unspecified atom stereocenters. The van der Waals surface area contributed by atoms with Crippen molar-refractivity contribution in [2.75, 3.05) is 7.11 Å². The van der Waals surface area contributed by atoms with Crippen LogP contribution in [-0.4, -0.2) is 24.8 Å². The number of hydrogen-bond donors (Lipinski definition) is 0. The maximum absolute atomic E-state index is 14.0. The number of carbonyl (C=O) groups excluding carboxylic acids is 2. The molecule has 0 saturated heterocycles. The number of methoxy groups -OCH3 is 1. The molecular formula is C26H42O3. The van der Waals surface area contributed by atoms with Crippen molar-refractivity contribution in [1.82, 2.24) is 0 Å². The largest absolute Gasteiger partial charge is 0.381 e. The number of Topliss-reactive ketones (excluding diaryl/α,β-unsaturated/α-hetero) is 2. The molecule has 4 rings (SSSR count). The summed E-state index contributed by atoms with van der Waals surface area (Å²) in [5.41, 5.74) is 0.438. The van der Waals surface area contributed by atoms with Crippen molar-refractivity contribution in [3.63, 3.8) is 0 Å². The van der Waals surface area contributed by atoms with Gasteiger partial charge in [0.1, 0.15) is 11.6 Å². The maximum Gasteiger partial charge on any atom is 0.139 e. The van der Waals surface area contributed by atoms with E-state index >= 15 is 0 Å². The fourth-order valence-corrected chi connectivity index (χ4v) is 8.98. The Bertz CT molecular complexity index is 671. The predicted octanol–water partition coefficient (Wildman–Crippen LogP) is 5.70. The van der Waals surface area contributed by atoms with Crippen LogP contribution in [0.25, 0.3) is 0 Å². The number of rotatable bonds is 4. The van der Waals surface area contributed by atoms with E-state index in [1.54, 1.807) is 6.92 Å². The van der Waals surface area contributed by atoms with Gasteiger partial charge >= 0.3 is 0 Å². The van der Waals surface area contributed by atoms with Crippen LogP contribution < -0.4 is 0 Å². The molecule has 0 bridgehead atoms. The molecule has 164 valence electrons. The molecule has 4 fully saturated rings. The van der Waals surface area contributed by atoms with E-state index in [2.05, 4.69) is 27.7 Å². The average Bonchev–Trinajstić information content (AvgIpc) is 3.04. The summed E-state index contributed by atoms with van der Waals surface area (Å²) in [6.45, 7) is 11.1. The molecule has 0 aromatic heterocycles. The van der Waals surface area contributed by atoms with Crippen molar-refractivity contribution < 1.29 is 14.3 Å². The molecule has 3 nitrogen and oxygen atoms in total. The predicted molar refractivity (Wildman–Crippen MR) is 115 cm³/mol. The Labute approximate surface area is 177 Å². The molecule has 0 heterocycles. The van der Waals surface area contributed by atoms with Gasteiger partial charge in [-0.15, -0.1) is 0 Å². The van der Waals surface area contributed by atoms with Gasteiger partial charge in [0.2, 0.25) is 0 Å². The summed E-state index contributed by atoms with van der Waals surface area (Å²) in [6.07, 6.45) is 9.34. The highest BCUT2D eigenvalue weighted by molar-refractivity contribution is 5.86. The van der Waals surface area contributed by atoms with Gasteiger partial charge in [0, 0.05) is 24.9 Å². The van der Waals surface area contributed by atoms with Crippen molar-refractivity contribution in [2.45, 2.75) is 92.1 Å². The van der Waals surface area contributed by atoms with Crippen LogP contribution in [0.2, 0.25) is 0 Å². The van der Waals surface area contributed by atoms with Gasteiger partial charge in [-0.1, -0.05) is 27.7 Å². The molecule has 4 aliphatic carbocycles. The van der Waals surface area contributed by atoms with Gasteiger partial charge in [0.15, 0.2) is 0 Å². The van der Waals surface area contributed by atoms with Gasteiger partial charge < -0.3 is 4.74 Å². The molecule has 0 aromatic rings. The van der Waals surface area contributed by atoms with Gasteiger partial charge in [-0.25, -0.2) is 0 Å². The lowest BCUT2D eigenvalue weighted by atomic mass is 9.42. The lowest BCUT2D eigenvalue weighted by molar-refractivity contribution is -0.174. The molecule has 0 radical (unpaired) electrons. The molecule has 0 aliphatic heterocycles. The van der Waals surface area contributed by atoms with E-state index in [4.69, 9.17) is 4.74 Å². The van der Waals surface area contributed by atoms with Crippen molar-refractivity contribution in [2.24, 2.45) is 52.3 Å².